The zero-order valence-corrected chi connectivity index (χ0v) is 12.5. The molecule has 21 heavy (non-hydrogen) atoms. The number of rotatable bonds is 7. The van der Waals surface area contributed by atoms with Crippen molar-refractivity contribution >= 4 is 11.8 Å². The van der Waals surface area contributed by atoms with Crippen molar-refractivity contribution in [1.29, 1.82) is 0 Å². The molecule has 0 unspecified atom stereocenters. The van der Waals surface area contributed by atoms with E-state index in [0.717, 1.165) is 6.54 Å². The minimum absolute atomic E-state index is 0.279. The molecule has 2 rings (SSSR count). The molecule has 1 aromatic heterocycles. The molecule has 0 fully saturated rings. The second-order valence-corrected chi connectivity index (χ2v) is 5.02. The number of hydrogen-bond donors (Lipinski definition) is 1. The van der Waals surface area contributed by atoms with Crippen LogP contribution in [0.2, 0.25) is 0 Å². The lowest BCUT2D eigenvalue weighted by Crippen LogP contribution is -2.32. The van der Waals surface area contributed by atoms with E-state index >= 15 is 0 Å². The molecule has 0 bridgehead atoms. The third-order valence-electron chi connectivity index (χ3n) is 3.05. The molecular formula is C16H21N5. The van der Waals surface area contributed by atoms with Crippen molar-refractivity contribution in [3.63, 3.8) is 0 Å². The maximum Gasteiger partial charge on any atom is 0.247 e. The van der Waals surface area contributed by atoms with E-state index in [1.54, 1.807) is 12.3 Å². The van der Waals surface area contributed by atoms with Gasteiger partial charge in [-0.3, -0.25) is 0 Å². The number of anilines is 2. The first kappa shape index (κ1) is 15.0. The average molecular weight is 283 g/mol. The summed E-state index contributed by atoms with van der Waals surface area (Å²) in [5.74, 6) is 1.33. The summed E-state index contributed by atoms with van der Waals surface area (Å²) in [5.41, 5.74) is 1.22. The second kappa shape index (κ2) is 7.38. The maximum atomic E-state index is 4.52. The van der Waals surface area contributed by atoms with E-state index in [-0.39, 0.29) is 6.04 Å². The van der Waals surface area contributed by atoms with Crippen LogP contribution in [0.5, 0.6) is 0 Å². The summed E-state index contributed by atoms with van der Waals surface area (Å²) in [6.07, 6.45) is 3.40. The number of aromatic nitrogens is 3. The smallest absolute Gasteiger partial charge is 0.247 e. The molecule has 0 saturated carbocycles. The number of benzene rings is 1. The van der Waals surface area contributed by atoms with Crippen LogP contribution in [0.3, 0.4) is 0 Å². The minimum Gasteiger partial charge on any atom is -0.365 e. The summed E-state index contributed by atoms with van der Waals surface area (Å²) in [6.45, 7) is 9.33. The van der Waals surface area contributed by atoms with Crippen LogP contribution in [0.1, 0.15) is 19.4 Å². The van der Waals surface area contributed by atoms with Crippen LogP contribution in [0.4, 0.5) is 11.8 Å². The van der Waals surface area contributed by atoms with Gasteiger partial charge in [0.15, 0.2) is 5.82 Å². The molecule has 0 saturated heterocycles. The van der Waals surface area contributed by atoms with Crippen molar-refractivity contribution in [2.75, 3.05) is 16.8 Å². The fourth-order valence-corrected chi connectivity index (χ4v) is 1.94. The van der Waals surface area contributed by atoms with Crippen LogP contribution in [-0.4, -0.2) is 27.8 Å². The van der Waals surface area contributed by atoms with Crippen LogP contribution >= 0.6 is 0 Å². The van der Waals surface area contributed by atoms with Crippen molar-refractivity contribution in [3.05, 3.63) is 54.7 Å². The summed E-state index contributed by atoms with van der Waals surface area (Å²) < 4.78 is 0. The van der Waals surface area contributed by atoms with Crippen LogP contribution in [0.15, 0.2) is 49.2 Å². The highest BCUT2D eigenvalue weighted by atomic mass is 15.3. The highest BCUT2D eigenvalue weighted by molar-refractivity contribution is 5.40. The lowest BCUT2D eigenvalue weighted by Gasteiger charge is -2.26. The van der Waals surface area contributed by atoms with Gasteiger partial charge in [-0.15, -0.1) is 11.7 Å². The molecule has 2 aromatic rings. The lowest BCUT2D eigenvalue weighted by molar-refractivity contribution is 0.652. The Hall–Kier alpha value is -2.43. The zero-order valence-electron chi connectivity index (χ0n) is 12.5. The molecule has 5 nitrogen and oxygen atoms in total. The molecule has 0 aliphatic rings. The summed E-state index contributed by atoms with van der Waals surface area (Å²) in [6, 6.07) is 10.6. The Morgan fingerprint density at radius 1 is 1.29 bits per heavy atom. The van der Waals surface area contributed by atoms with Gasteiger partial charge in [-0.2, -0.15) is 10.1 Å². The Bertz CT molecular complexity index is 568. The van der Waals surface area contributed by atoms with E-state index in [1.807, 2.05) is 18.2 Å². The molecule has 0 aliphatic carbocycles. The molecule has 1 N–H and O–H groups in total. The maximum absolute atomic E-state index is 4.52. The van der Waals surface area contributed by atoms with E-state index in [2.05, 4.69) is 58.0 Å². The average Bonchev–Trinajstić information content (AvgIpc) is 2.51. The molecule has 0 aliphatic heterocycles. The van der Waals surface area contributed by atoms with Crippen LogP contribution in [-0.2, 0) is 6.54 Å². The van der Waals surface area contributed by atoms with Gasteiger partial charge in [-0.25, -0.2) is 0 Å². The van der Waals surface area contributed by atoms with Gasteiger partial charge in [0.05, 0.1) is 6.20 Å². The predicted octanol–water partition coefficient (Wildman–Crippen LogP) is 2.88. The normalized spacial score (nSPS) is 10.4. The molecule has 0 radical (unpaired) electrons. The lowest BCUT2D eigenvalue weighted by atomic mass is 10.2. The Morgan fingerprint density at radius 2 is 2.05 bits per heavy atom. The summed E-state index contributed by atoms with van der Waals surface area (Å²) >= 11 is 0. The summed E-state index contributed by atoms with van der Waals surface area (Å²) in [4.78, 5) is 6.65. The number of nitrogens with one attached hydrogen (secondary N) is 1. The SMILES string of the molecule is C=CCNc1cnnc(N(Cc2ccccc2)C(C)C)n1. The second-order valence-electron chi connectivity index (χ2n) is 5.02. The molecule has 0 atom stereocenters. The van der Waals surface area contributed by atoms with Crippen molar-refractivity contribution in [3.8, 4) is 0 Å². The van der Waals surface area contributed by atoms with Crippen molar-refractivity contribution in [2.24, 2.45) is 0 Å². The van der Waals surface area contributed by atoms with Crippen LogP contribution in [0.25, 0.3) is 0 Å². The molecule has 110 valence electrons. The Morgan fingerprint density at radius 3 is 2.71 bits per heavy atom. The molecule has 1 aromatic carbocycles. The monoisotopic (exact) mass is 283 g/mol. The Balaban J connectivity index is 2.19. The molecule has 5 heteroatoms. The first-order valence-corrected chi connectivity index (χ1v) is 7.05. The first-order chi connectivity index (χ1) is 10.2. The Labute approximate surface area is 125 Å². The van der Waals surface area contributed by atoms with Gasteiger partial charge in [0.2, 0.25) is 5.95 Å². The highest BCUT2D eigenvalue weighted by Crippen LogP contribution is 2.16. The molecular weight excluding hydrogens is 262 g/mol. The van der Waals surface area contributed by atoms with Gasteiger partial charge in [0.25, 0.3) is 0 Å². The largest absolute Gasteiger partial charge is 0.365 e. The van der Waals surface area contributed by atoms with E-state index in [9.17, 15) is 0 Å². The molecule has 0 amide bonds. The minimum atomic E-state index is 0.279. The van der Waals surface area contributed by atoms with Crippen molar-refractivity contribution < 1.29 is 0 Å². The van der Waals surface area contributed by atoms with Gasteiger partial charge >= 0.3 is 0 Å². The van der Waals surface area contributed by atoms with Crippen LogP contribution in [0, 0.1) is 0 Å². The predicted molar refractivity (Wildman–Crippen MR) is 86.3 cm³/mol. The topological polar surface area (TPSA) is 53.9 Å². The van der Waals surface area contributed by atoms with E-state index in [0.29, 0.717) is 18.3 Å². The zero-order chi connectivity index (χ0) is 15.1. The fourth-order valence-electron chi connectivity index (χ4n) is 1.94. The Kier molecular flexibility index (Phi) is 5.26. The van der Waals surface area contributed by atoms with Gasteiger partial charge in [-0.1, -0.05) is 36.4 Å². The number of hydrogen-bond acceptors (Lipinski definition) is 5. The fraction of sp³-hybridized carbons (Fsp3) is 0.312. The van der Waals surface area contributed by atoms with Gasteiger partial charge < -0.3 is 10.2 Å². The molecule has 0 spiro atoms. The third-order valence-corrected chi connectivity index (χ3v) is 3.05. The number of nitrogens with zero attached hydrogens (tertiary/aromatic N) is 4. The van der Waals surface area contributed by atoms with Gasteiger partial charge in [-0.05, 0) is 19.4 Å². The van der Waals surface area contributed by atoms with E-state index < -0.39 is 0 Å². The van der Waals surface area contributed by atoms with Crippen LogP contribution < -0.4 is 10.2 Å². The van der Waals surface area contributed by atoms with E-state index in [4.69, 9.17) is 0 Å². The van der Waals surface area contributed by atoms with E-state index in [1.165, 1.54) is 5.56 Å². The highest BCUT2D eigenvalue weighted by Gasteiger charge is 2.15. The van der Waals surface area contributed by atoms with Crippen molar-refractivity contribution in [2.45, 2.75) is 26.4 Å². The summed E-state index contributed by atoms with van der Waals surface area (Å²) in [5, 5.41) is 11.3. The molecule has 1 heterocycles. The third kappa shape index (κ3) is 4.27. The quantitative estimate of drug-likeness (QED) is 0.792. The summed E-state index contributed by atoms with van der Waals surface area (Å²) in [7, 11) is 0. The first-order valence-electron chi connectivity index (χ1n) is 7.05. The standard InChI is InChI=1S/C16H21N5/c1-4-10-17-15-11-18-20-16(19-15)21(13(2)3)12-14-8-6-5-7-9-14/h4-9,11,13H,1,10,12H2,2-3H3,(H,17,19,20). The van der Waals surface area contributed by atoms with Gasteiger partial charge in [0.1, 0.15) is 0 Å². The van der Waals surface area contributed by atoms with Crippen molar-refractivity contribution in [1.82, 2.24) is 15.2 Å². The van der Waals surface area contributed by atoms with Gasteiger partial charge in [0, 0.05) is 19.1 Å².